The van der Waals surface area contributed by atoms with Gasteiger partial charge in [-0.15, -0.1) is 0 Å². The molecule has 0 saturated heterocycles. The zero-order valence-electron chi connectivity index (χ0n) is 18.8. The quantitative estimate of drug-likeness (QED) is 0.255. The van der Waals surface area contributed by atoms with E-state index >= 15 is 0 Å². The minimum atomic E-state index is -0.178. The van der Waals surface area contributed by atoms with Crippen molar-refractivity contribution in [2.45, 2.75) is 16.7 Å². The fraction of sp³-hybridized carbons (Fsp3) is 0.0357. The van der Waals surface area contributed by atoms with Crippen molar-refractivity contribution in [1.82, 2.24) is 15.2 Å². The molecule has 1 amide bonds. The molecule has 0 aliphatic carbocycles. The van der Waals surface area contributed by atoms with Crippen LogP contribution in [0, 0.1) is 6.92 Å². The van der Waals surface area contributed by atoms with Crippen LogP contribution in [0.4, 0.5) is 5.69 Å². The molecule has 0 bridgehead atoms. The van der Waals surface area contributed by atoms with Gasteiger partial charge in [-0.2, -0.15) is 5.10 Å². The lowest BCUT2D eigenvalue weighted by molar-refractivity contribution is 0.102. The van der Waals surface area contributed by atoms with Crippen LogP contribution < -0.4 is 5.32 Å². The highest BCUT2D eigenvalue weighted by Gasteiger charge is 2.14. The lowest BCUT2D eigenvalue weighted by atomic mass is 10.1. The van der Waals surface area contributed by atoms with Crippen molar-refractivity contribution < 1.29 is 4.79 Å². The number of nitrogens with zero attached hydrogens (tertiary/aromatic N) is 2. The SMILES string of the molecule is Cc1c(Cl)cccc1NC(=O)c1ccccc1Sc1ccc2c(/C=C/c3ccccn3)n[nH]c2c1. The van der Waals surface area contributed by atoms with Crippen LogP contribution in [-0.4, -0.2) is 21.1 Å². The molecule has 35 heavy (non-hydrogen) atoms. The number of amides is 1. The molecule has 0 aliphatic rings. The minimum absolute atomic E-state index is 0.178. The first-order chi connectivity index (χ1) is 17.1. The molecule has 3 aromatic carbocycles. The highest BCUT2D eigenvalue weighted by atomic mass is 35.5. The Labute approximate surface area is 212 Å². The first-order valence-electron chi connectivity index (χ1n) is 11.0. The van der Waals surface area contributed by atoms with Crippen LogP contribution >= 0.6 is 23.4 Å². The van der Waals surface area contributed by atoms with Gasteiger partial charge in [0, 0.05) is 32.1 Å². The summed E-state index contributed by atoms with van der Waals surface area (Å²) in [5.74, 6) is -0.178. The number of pyridine rings is 1. The van der Waals surface area contributed by atoms with Crippen LogP contribution in [0.5, 0.6) is 0 Å². The van der Waals surface area contributed by atoms with Gasteiger partial charge in [0.2, 0.25) is 0 Å². The van der Waals surface area contributed by atoms with E-state index in [0.29, 0.717) is 16.3 Å². The van der Waals surface area contributed by atoms with E-state index in [1.165, 1.54) is 11.8 Å². The summed E-state index contributed by atoms with van der Waals surface area (Å²) in [6.45, 7) is 1.89. The Hall–Kier alpha value is -3.87. The van der Waals surface area contributed by atoms with Crippen molar-refractivity contribution in [3.63, 3.8) is 0 Å². The van der Waals surface area contributed by atoms with Crippen molar-refractivity contribution in [3.8, 4) is 0 Å². The molecule has 0 aliphatic heterocycles. The van der Waals surface area contributed by atoms with Gasteiger partial charge in [0.1, 0.15) is 0 Å². The molecular formula is C28H21ClN4OS. The maximum Gasteiger partial charge on any atom is 0.256 e. The predicted octanol–water partition coefficient (Wildman–Crippen LogP) is 7.49. The first-order valence-corrected chi connectivity index (χ1v) is 12.2. The molecule has 5 aromatic rings. The molecule has 0 atom stereocenters. The summed E-state index contributed by atoms with van der Waals surface area (Å²) in [6, 6.07) is 25.0. The van der Waals surface area contributed by atoms with Crippen LogP contribution in [0.2, 0.25) is 5.02 Å². The zero-order chi connectivity index (χ0) is 24.2. The van der Waals surface area contributed by atoms with E-state index < -0.39 is 0 Å². The fourth-order valence-electron chi connectivity index (χ4n) is 3.65. The van der Waals surface area contributed by atoms with Crippen LogP contribution in [-0.2, 0) is 0 Å². The minimum Gasteiger partial charge on any atom is -0.322 e. The number of carbonyl (C=O) groups excluding carboxylic acids is 1. The van der Waals surface area contributed by atoms with Gasteiger partial charge in [-0.3, -0.25) is 14.9 Å². The second-order valence-electron chi connectivity index (χ2n) is 7.87. The highest BCUT2D eigenvalue weighted by Crippen LogP contribution is 2.33. The van der Waals surface area contributed by atoms with Gasteiger partial charge in [-0.25, -0.2) is 0 Å². The predicted molar refractivity (Wildman–Crippen MR) is 144 cm³/mol. The van der Waals surface area contributed by atoms with E-state index in [1.54, 1.807) is 6.20 Å². The number of aromatic amines is 1. The largest absolute Gasteiger partial charge is 0.322 e. The van der Waals surface area contributed by atoms with Crippen molar-refractivity contribution in [3.05, 3.63) is 113 Å². The van der Waals surface area contributed by atoms with Crippen molar-refractivity contribution in [1.29, 1.82) is 0 Å². The lowest BCUT2D eigenvalue weighted by Crippen LogP contribution is -2.13. The van der Waals surface area contributed by atoms with E-state index in [4.69, 9.17) is 11.6 Å². The Morgan fingerprint density at radius 2 is 1.86 bits per heavy atom. The van der Waals surface area contributed by atoms with E-state index in [2.05, 4.69) is 20.5 Å². The number of nitrogens with one attached hydrogen (secondary N) is 2. The van der Waals surface area contributed by atoms with Gasteiger partial charge in [-0.1, -0.05) is 47.6 Å². The summed E-state index contributed by atoms with van der Waals surface area (Å²) in [4.78, 5) is 19.3. The van der Waals surface area contributed by atoms with Crippen LogP contribution in [0.1, 0.15) is 27.3 Å². The molecule has 0 spiro atoms. The van der Waals surface area contributed by atoms with Gasteiger partial charge < -0.3 is 5.32 Å². The molecule has 7 heteroatoms. The van der Waals surface area contributed by atoms with Crippen molar-refractivity contribution in [2.75, 3.05) is 5.32 Å². The monoisotopic (exact) mass is 496 g/mol. The number of anilines is 1. The second kappa shape index (κ2) is 10.2. The normalized spacial score (nSPS) is 11.3. The maximum absolute atomic E-state index is 13.1. The third-order valence-electron chi connectivity index (χ3n) is 5.54. The number of carbonyl (C=O) groups is 1. The molecule has 0 saturated carbocycles. The van der Waals surface area contributed by atoms with E-state index in [1.807, 2.05) is 97.9 Å². The molecule has 172 valence electrons. The number of halogens is 1. The highest BCUT2D eigenvalue weighted by molar-refractivity contribution is 7.99. The summed E-state index contributed by atoms with van der Waals surface area (Å²) in [6.07, 6.45) is 5.65. The van der Waals surface area contributed by atoms with Gasteiger partial charge in [0.25, 0.3) is 5.91 Å². The Morgan fingerprint density at radius 1 is 1.00 bits per heavy atom. The number of hydrogen-bond donors (Lipinski definition) is 2. The molecule has 2 heterocycles. The molecule has 5 nitrogen and oxygen atoms in total. The molecule has 0 fully saturated rings. The fourth-order valence-corrected chi connectivity index (χ4v) is 4.81. The summed E-state index contributed by atoms with van der Waals surface area (Å²) < 4.78 is 0. The van der Waals surface area contributed by atoms with E-state index in [0.717, 1.165) is 37.6 Å². The summed E-state index contributed by atoms with van der Waals surface area (Å²) in [7, 11) is 0. The summed E-state index contributed by atoms with van der Waals surface area (Å²) in [5.41, 5.74) is 4.78. The van der Waals surface area contributed by atoms with Crippen LogP contribution in [0.15, 0.2) is 94.9 Å². The van der Waals surface area contributed by atoms with Crippen LogP contribution in [0.3, 0.4) is 0 Å². The number of fused-ring (bicyclic) bond motifs is 1. The summed E-state index contributed by atoms with van der Waals surface area (Å²) in [5, 5.41) is 12.2. The van der Waals surface area contributed by atoms with E-state index in [9.17, 15) is 4.79 Å². The van der Waals surface area contributed by atoms with Crippen LogP contribution in [0.25, 0.3) is 23.1 Å². The smallest absolute Gasteiger partial charge is 0.256 e. The number of benzene rings is 3. The average molecular weight is 497 g/mol. The molecule has 2 aromatic heterocycles. The number of H-pyrrole nitrogens is 1. The van der Waals surface area contributed by atoms with Crippen molar-refractivity contribution in [2.24, 2.45) is 0 Å². The lowest BCUT2D eigenvalue weighted by Gasteiger charge is -2.12. The Kier molecular flexibility index (Phi) is 6.66. The number of rotatable bonds is 6. The van der Waals surface area contributed by atoms with Gasteiger partial charge in [0.05, 0.1) is 22.5 Å². The standard InChI is InChI=1S/C28H21ClN4OS/c1-18-23(29)9-6-10-24(18)31-28(34)22-8-2-3-11-27(22)35-20-13-14-21-25(32-33-26(21)17-20)15-12-19-7-4-5-16-30-19/h2-17H,1H3,(H,31,34)(H,32,33)/b15-12+. The average Bonchev–Trinajstić information content (AvgIpc) is 3.28. The zero-order valence-corrected chi connectivity index (χ0v) is 20.4. The molecule has 5 rings (SSSR count). The summed E-state index contributed by atoms with van der Waals surface area (Å²) >= 11 is 7.74. The molecule has 0 unspecified atom stereocenters. The Bertz CT molecular complexity index is 1550. The second-order valence-corrected chi connectivity index (χ2v) is 9.39. The van der Waals surface area contributed by atoms with Gasteiger partial charge in [-0.05, 0) is 79.2 Å². The molecule has 0 radical (unpaired) electrons. The Balaban J connectivity index is 1.37. The first kappa shape index (κ1) is 22.9. The van der Waals surface area contributed by atoms with Gasteiger partial charge in [0.15, 0.2) is 0 Å². The maximum atomic E-state index is 13.1. The van der Waals surface area contributed by atoms with E-state index in [-0.39, 0.29) is 5.91 Å². The van der Waals surface area contributed by atoms with Crippen molar-refractivity contribution >= 4 is 58.0 Å². The van der Waals surface area contributed by atoms with Gasteiger partial charge >= 0.3 is 0 Å². The number of aromatic nitrogens is 3. The topological polar surface area (TPSA) is 70.7 Å². The Morgan fingerprint density at radius 3 is 2.71 bits per heavy atom. The molecular weight excluding hydrogens is 476 g/mol. The third kappa shape index (κ3) is 5.14. The third-order valence-corrected chi connectivity index (χ3v) is 7.01. The molecule has 2 N–H and O–H groups in total. The number of hydrogen-bond acceptors (Lipinski definition) is 4.